The zero-order valence-electron chi connectivity index (χ0n) is 14.7. The van der Waals surface area contributed by atoms with Crippen molar-refractivity contribution in [3.8, 4) is 5.75 Å². The van der Waals surface area contributed by atoms with E-state index in [-0.39, 0.29) is 11.8 Å². The minimum atomic E-state index is -0.173. The second-order valence-corrected chi connectivity index (χ2v) is 6.78. The highest BCUT2D eigenvalue weighted by atomic mass is 16.5. The first-order chi connectivity index (χ1) is 12.2. The molecule has 2 N–H and O–H groups in total. The Kier molecular flexibility index (Phi) is 5.71. The zero-order chi connectivity index (χ0) is 17.6. The van der Waals surface area contributed by atoms with Gasteiger partial charge in [-0.1, -0.05) is 55.5 Å². The lowest BCUT2D eigenvalue weighted by atomic mass is 9.89. The summed E-state index contributed by atoms with van der Waals surface area (Å²) in [4.78, 5) is 14.8. The lowest BCUT2D eigenvalue weighted by molar-refractivity contribution is -0.135. The molecule has 2 aromatic carbocycles. The van der Waals surface area contributed by atoms with E-state index in [1.54, 1.807) is 0 Å². The van der Waals surface area contributed by atoms with Gasteiger partial charge in [-0.15, -0.1) is 0 Å². The molecular formula is C21H26N2O2. The van der Waals surface area contributed by atoms with Crippen LogP contribution < -0.4 is 10.5 Å². The molecule has 0 aliphatic carbocycles. The van der Waals surface area contributed by atoms with E-state index < -0.39 is 0 Å². The summed E-state index contributed by atoms with van der Waals surface area (Å²) in [6.45, 7) is 4.38. The number of rotatable bonds is 6. The Balaban J connectivity index is 1.60. The minimum Gasteiger partial charge on any atom is -0.493 e. The average Bonchev–Trinajstić information content (AvgIpc) is 3.11. The molecule has 4 nitrogen and oxygen atoms in total. The van der Waals surface area contributed by atoms with Gasteiger partial charge in [0.2, 0.25) is 5.91 Å². The number of hydrogen-bond acceptors (Lipinski definition) is 3. The summed E-state index contributed by atoms with van der Waals surface area (Å²) in [5.74, 6) is 1.40. The van der Waals surface area contributed by atoms with E-state index in [0.29, 0.717) is 25.0 Å². The number of amides is 1. The van der Waals surface area contributed by atoms with Gasteiger partial charge in [0.05, 0.1) is 12.5 Å². The van der Waals surface area contributed by atoms with E-state index >= 15 is 0 Å². The van der Waals surface area contributed by atoms with Crippen molar-refractivity contribution in [1.82, 2.24) is 4.90 Å². The Hall–Kier alpha value is -2.33. The fourth-order valence-electron chi connectivity index (χ4n) is 3.49. The Morgan fingerprint density at radius 1 is 1.12 bits per heavy atom. The second kappa shape index (κ2) is 8.17. The molecule has 1 amide bonds. The molecule has 25 heavy (non-hydrogen) atoms. The Morgan fingerprint density at radius 3 is 2.40 bits per heavy atom. The first-order valence-corrected chi connectivity index (χ1v) is 8.90. The van der Waals surface area contributed by atoms with Crippen molar-refractivity contribution in [3.05, 3.63) is 66.2 Å². The van der Waals surface area contributed by atoms with Crippen molar-refractivity contribution in [2.45, 2.75) is 12.8 Å². The molecule has 1 fully saturated rings. The SMILES string of the molecule is CC(COc1ccccc1)C(=O)N1C[C@@H](CN)[C@H](c2ccccc2)C1. The lowest BCUT2D eigenvalue weighted by Crippen LogP contribution is -2.36. The molecule has 3 rings (SSSR count). The van der Waals surface area contributed by atoms with Gasteiger partial charge in [0.15, 0.2) is 0 Å². The van der Waals surface area contributed by atoms with Crippen LogP contribution >= 0.6 is 0 Å². The molecule has 0 saturated carbocycles. The fourth-order valence-corrected chi connectivity index (χ4v) is 3.49. The summed E-state index contributed by atoms with van der Waals surface area (Å²) >= 11 is 0. The number of para-hydroxylation sites is 1. The third-order valence-electron chi connectivity index (χ3n) is 4.95. The number of carbonyl (C=O) groups is 1. The summed E-state index contributed by atoms with van der Waals surface area (Å²) < 4.78 is 5.74. The number of carbonyl (C=O) groups excluding carboxylic acids is 1. The quantitative estimate of drug-likeness (QED) is 0.881. The Morgan fingerprint density at radius 2 is 1.76 bits per heavy atom. The number of nitrogens with zero attached hydrogens (tertiary/aromatic N) is 1. The molecule has 0 radical (unpaired) electrons. The third-order valence-corrected chi connectivity index (χ3v) is 4.95. The maximum atomic E-state index is 12.8. The summed E-state index contributed by atoms with van der Waals surface area (Å²) in [5, 5.41) is 0. The van der Waals surface area contributed by atoms with Gasteiger partial charge in [-0.05, 0) is 30.2 Å². The smallest absolute Gasteiger partial charge is 0.228 e. The lowest BCUT2D eigenvalue weighted by Gasteiger charge is -2.21. The van der Waals surface area contributed by atoms with Gasteiger partial charge in [0.1, 0.15) is 5.75 Å². The maximum absolute atomic E-state index is 12.8. The first-order valence-electron chi connectivity index (χ1n) is 8.90. The van der Waals surface area contributed by atoms with Crippen molar-refractivity contribution in [1.29, 1.82) is 0 Å². The predicted molar refractivity (Wildman–Crippen MR) is 99.4 cm³/mol. The van der Waals surface area contributed by atoms with Crippen LogP contribution in [0.15, 0.2) is 60.7 Å². The van der Waals surface area contributed by atoms with E-state index in [1.165, 1.54) is 5.56 Å². The normalized spacial score (nSPS) is 21.1. The number of hydrogen-bond donors (Lipinski definition) is 1. The van der Waals surface area contributed by atoms with Crippen LogP contribution in [0.25, 0.3) is 0 Å². The molecule has 3 atom stereocenters. The molecule has 132 valence electrons. The van der Waals surface area contributed by atoms with Crippen LogP contribution in [0, 0.1) is 11.8 Å². The summed E-state index contributed by atoms with van der Waals surface area (Å²) in [7, 11) is 0. The summed E-state index contributed by atoms with van der Waals surface area (Å²) in [6, 6.07) is 20.0. The predicted octanol–water partition coefficient (Wildman–Crippen LogP) is 2.90. The monoisotopic (exact) mass is 338 g/mol. The number of ether oxygens (including phenoxy) is 1. The van der Waals surface area contributed by atoms with E-state index in [9.17, 15) is 4.79 Å². The topological polar surface area (TPSA) is 55.6 Å². The van der Waals surface area contributed by atoms with E-state index in [1.807, 2.05) is 60.4 Å². The van der Waals surface area contributed by atoms with Gasteiger partial charge in [0, 0.05) is 19.0 Å². The van der Waals surface area contributed by atoms with Crippen LogP contribution in [-0.4, -0.2) is 37.0 Å². The van der Waals surface area contributed by atoms with Gasteiger partial charge in [0.25, 0.3) is 0 Å². The third kappa shape index (κ3) is 4.20. The van der Waals surface area contributed by atoms with E-state index in [4.69, 9.17) is 10.5 Å². The van der Waals surface area contributed by atoms with Gasteiger partial charge in [-0.2, -0.15) is 0 Å². The van der Waals surface area contributed by atoms with E-state index in [0.717, 1.165) is 18.8 Å². The van der Waals surface area contributed by atoms with Crippen LogP contribution in [0.5, 0.6) is 5.75 Å². The van der Waals surface area contributed by atoms with Crippen molar-refractivity contribution < 1.29 is 9.53 Å². The number of nitrogens with two attached hydrogens (primary N) is 1. The molecule has 1 unspecified atom stereocenters. The molecule has 0 aromatic heterocycles. The average molecular weight is 338 g/mol. The van der Waals surface area contributed by atoms with Crippen molar-refractivity contribution >= 4 is 5.91 Å². The Labute approximate surface area is 149 Å². The molecule has 0 spiro atoms. The largest absolute Gasteiger partial charge is 0.493 e. The Bertz CT molecular complexity index is 675. The minimum absolute atomic E-state index is 0.146. The molecular weight excluding hydrogens is 312 g/mol. The molecule has 1 heterocycles. The zero-order valence-corrected chi connectivity index (χ0v) is 14.7. The highest BCUT2D eigenvalue weighted by Crippen LogP contribution is 2.32. The van der Waals surface area contributed by atoms with Gasteiger partial charge in [-0.25, -0.2) is 0 Å². The summed E-state index contributed by atoms with van der Waals surface area (Å²) in [6.07, 6.45) is 0. The molecule has 0 bridgehead atoms. The molecule has 2 aromatic rings. The number of benzene rings is 2. The van der Waals surface area contributed by atoms with Crippen LogP contribution in [0.3, 0.4) is 0 Å². The van der Waals surface area contributed by atoms with Crippen LogP contribution in [0.1, 0.15) is 18.4 Å². The van der Waals surface area contributed by atoms with E-state index in [2.05, 4.69) is 12.1 Å². The van der Waals surface area contributed by atoms with Crippen LogP contribution in [0.4, 0.5) is 0 Å². The molecule has 4 heteroatoms. The highest BCUT2D eigenvalue weighted by Gasteiger charge is 2.36. The van der Waals surface area contributed by atoms with Crippen molar-refractivity contribution in [3.63, 3.8) is 0 Å². The van der Waals surface area contributed by atoms with Crippen molar-refractivity contribution in [2.75, 3.05) is 26.2 Å². The van der Waals surface area contributed by atoms with Gasteiger partial charge < -0.3 is 15.4 Å². The first kappa shape index (κ1) is 17.5. The molecule has 1 aliphatic heterocycles. The fraction of sp³-hybridized carbons (Fsp3) is 0.381. The standard InChI is InChI=1S/C21H26N2O2/c1-16(15-25-19-10-6-3-7-11-19)21(24)23-13-18(12-22)20(14-23)17-8-4-2-5-9-17/h2-11,16,18,20H,12-15,22H2,1H3/t16?,18-,20+/m1/s1. The summed E-state index contributed by atoms with van der Waals surface area (Å²) in [5.41, 5.74) is 7.24. The second-order valence-electron chi connectivity index (χ2n) is 6.78. The van der Waals surface area contributed by atoms with Gasteiger partial charge in [-0.3, -0.25) is 4.79 Å². The molecule has 1 saturated heterocycles. The van der Waals surface area contributed by atoms with Crippen molar-refractivity contribution in [2.24, 2.45) is 17.6 Å². The molecule has 1 aliphatic rings. The van der Waals surface area contributed by atoms with Crippen LogP contribution in [0.2, 0.25) is 0 Å². The van der Waals surface area contributed by atoms with Crippen LogP contribution in [-0.2, 0) is 4.79 Å². The number of likely N-dealkylation sites (tertiary alicyclic amines) is 1. The van der Waals surface area contributed by atoms with Gasteiger partial charge >= 0.3 is 0 Å². The highest BCUT2D eigenvalue weighted by molar-refractivity contribution is 5.79. The maximum Gasteiger partial charge on any atom is 0.228 e.